The first-order valence-corrected chi connectivity index (χ1v) is 4.89. The van der Waals surface area contributed by atoms with E-state index in [9.17, 15) is 0 Å². The zero-order valence-corrected chi connectivity index (χ0v) is 8.94. The van der Waals surface area contributed by atoms with Gasteiger partial charge < -0.3 is 5.32 Å². The molecule has 2 aromatic rings. The molecule has 0 spiro atoms. The lowest BCUT2D eigenvalue weighted by Crippen LogP contribution is -2.36. The lowest BCUT2D eigenvalue weighted by Gasteiger charge is -2.09. The van der Waals surface area contributed by atoms with Gasteiger partial charge in [-0.15, -0.1) is 0 Å². The van der Waals surface area contributed by atoms with Crippen LogP contribution in [0.25, 0.3) is 10.9 Å². The summed E-state index contributed by atoms with van der Waals surface area (Å²) in [5.41, 5.74) is 4.24. The van der Waals surface area contributed by atoms with Crippen molar-refractivity contribution in [3.8, 4) is 0 Å². The van der Waals surface area contributed by atoms with Crippen molar-refractivity contribution in [1.29, 1.82) is 0 Å². The van der Waals surface area contributed by atoms with Gasteiger partial charge in [0.25, 0.3) is 0 Å². The number of pyridine rings is 1. The summed E-state index contributed by atoms with van der Waals surface area (Å²) >= 11 is 0. The van der Waals surface area contributed by atoms with Crippen LogP contribution < -0.4 is 16.6 Å². The largest absolute Gasteiger partial charge is 0.323 e. The number of aliphatic imine (C=N–C) groups is 1. The van der Waals surface area contributed by atoms with Gasteiger partial charge in [-0.2, -0.15) is 0 Å². The predicted octanol–water partition coefficient (Wildman–Crippen LogP) is 1.10. The average molecular weight is 215 g/mol. The molecule has 0 amide bonds. The van der Waals surface area contributed by atoms with Gasteiger partial charge in [-0.3, -0.25) is 15.4 Å². The van der Waals surface area contributed by atoms with Crippen molar-refractivity contribution < 1.29 is 0 Å². The molecule has 0 unspecified atom stereocenters. The number of fused-ring (bicyclic) bond motifs is 1. The molecule has 0 aliphatic rings. The average Bonchev–Trinajstić information content (AvgIpc) is 2.36. The molecule has 82 valence electrons. The maximum atomic E-state index is 5.31. The molecule has 1 aromatic heterocycles. The quantitative estimate of drug-likeness (QED) is 0.288. The van der Waals surface area contributed by atoms with Crippen LogP contribution in [0.3, 0.4) is 0 Å². The number of anilines is 1. The van der Waals surface area contributed by atoms with Crippen LogP contribution in [0.15, 0.2) is 41.5 Å². The van der Waals surface area contributed by atoms with E-state index >= 15 is 0 Å². The van der Waals surface area contributed by atoms with Crippen LogP contribution in [0.4, 0.5) is 5.69 Å². The van der Waals surface area contributed by atoms with E-state index in [4.69, 9.17) is 5.84 Å². The second-order valence-corrected chi connectivity index (χ2v) is 3.22. The molecule has 1 aromatic carbocycles. The minimum absolute atomic E-state index is 0.498. The van der Waals surface area contributed by atoms with Gasteiger partial charge in [-0.25, -0.2) is 5.84 Å². The number of rotatable bonds is 1. The second kappa shape index (κ2) is 4.59. The Hall–Kier alpha value is -2.14. The first-order chi connectivity index (χ1) is 7.85. The Balaban J connectivity index is 2.44. The van der Waals surface area contributed by atoms with Crippen molar-refractivity contribution in [2.45, 2.75) is 0 Å². The molecule has 5 heteroatoms. The van der Waals surface area contributed by atoms with Gasteiger partial charge >= 0.3 is 0 Å². The van der Waals surface area contributed by atoms with Gasteiger partial charge in [0.1, 0.15) is 0 Å². The summed E-state index contributed by atoms with van der Waals surface area (Å²) in [5.74, 6) is 5.81. The zero-order chi connectivity index (χ0) is 11.4. The molecule has 5 nitrogen and oxygen atoms in total. The number of guanidine groups is 1. The van der Waals surface area contributed by atoms with E-state index in [0.717, 1.165) is 16.6 Å². The van der Waals surface area contributed by atoms with Crippen molar-refractivity contribution in [3.05, 3.63) is 36.5 Å². The lowest BCUT2D eigenvalue weighted by atomic mass is 10.2. The van der Waals surface area contributed by atoms with Gasteiger partial charge in [-0.1, -0.05) is 18.2 Å². The highest BCUT2D eigenvalue weighted by atomic mass is 15.3. The van der Waals surface area contributed by atoms with Crippen LogP contribution in [-0.4, -0.2) is 18.0 Å². The molecule has 0 saturated heterocycles. The molecule has 16 heavy (non-hydrogen) atoms. The van der Waals surface area contributed by atoms with Crippen molar-refractivity contribution >= 4 is 22.5 Å². The fourth-order valence-electron chi connectivity index (χ4n) is 1.49. The summed E-state index contributed by atoms with van der Waals surface area (Å²) in [6.07, 6.45) is 1.76. The predicted molar refractivity (Wildman–Crippen MR) is 66.0 cm³/mol. The third-order valence-corrected chi connectivity index (χ3v) is 2.25. The van der Waals surface area contributed by atoms with Crippen molar-refractivity contribution in [2.24, 2.45) is 10.8 Å². The molecule has 0 atom stereocenters. The number of benzene rings is 1. The highest BCUT2D eigenvalue weighted by molar-refractivity contribution is 6.01. The van der Waals surface area contributed by atoms with Crippen LogP contribution in [-0.2, 0) is 0 Å². The van der Waals surface area contributed by atoms with Crippen LogP contribution in [0.1, 0.15) is 0 Å². The number of nitrogens with zero attached hydrogens (tertiary/aromatic N) is 2. The number of aromatic nitrogens is 1. The summed E-state index contributed by atoms with van der Waals surface area (Å²) in [7, 11) is 1.65. The standard InChI is InChI=1S/C11H13N5/c1-13-11(16-12)15-9-6-2-4-8-5-3-7-14-10(8)9/h2-7H,12H2,1H3,(H2,13,15,16). The molecule has 0 fully saturated rings. The molecule has 0 bridgehead atoms. The molecule has 4 N–H and O–H groups in total. The highest BCUT2D eigenvalue weighted by Crippen LogP contribution is 2.20. The zero-order valence-electron chi connectivity index (χ0n) is 8.94. The van der Waals surface area contributed by atoms with E-state index in [0.29, 0.717) is 5.96 Å². The minimum atomic E-state index is 0.498. The van der Waals surface area contributed by atoms with E-state index in [1.165, 1.54) is 0 Å². The van der Waals surface area contributed by atoms with Gasteiger partial charge in [-0.05, 0) is 12.1 Å². The number of hydrogen-bond acceptors (Lipinski definition) is 3. The lowest BCUT2D eigenvalue weighted by molar-refractivity contribution is 1.01. The Bertz CT molecular complexity index is 515. The highest BCUT2D eigenvalue weighted by Gasteiger charge is 2.02. The Labute approximate surface area is 93.4 Å². The number of hydrazine groups is 1. The molecule has 0 aliphatic carbocycles. The molecule has 0 saturated carbocycles. The van der Waals surface area contributed by atoms with Crippen molar-refractivity contribution in [3.63, 3.8) is 0 Å². The van der Waals surface area contributed by atoms with Crippen molar-refractivity contribution in [1.82, 2.24) is 10.4 Å². The third kappa shape index (κ3) is 1.94. The van der Waals surface area contributed by atoms with E-state index in [1.807, 2.05) is 30.3 Å². The van der Waals surface area contributed by atoms with Gasteiger partial charge in [0.15, 0.2) is 0 Å². The fraction of sp³-hybridized carbons (Fsp3) is 0.0909. The fourth-order valence-corrected chi connectivity index (χ4v) is 1.49. The Morgan fingerprint density at radius 2 is 2.12 bits per heavy atom. The summed E-state index contributed by atoms with van der Waals surface area (Å²) in [6.45, 7) is 0. The smallest absolute Gasteiger partial charge is 0.210 e. The summed E-state index contributed by atoms with van der Waals surface area (Å²) in [6, 6.07) is 9.80. The molecular weight excluding hydrogens is 202 g/mol. The topological polar surface area (TPSA) is 75.3 Å². The Kier molecular flexibility index (Phi) is 2.98. The first kappa shape index (κ1) is 10.4. The van der Waals surface area contributed by atoms with Crippen molar-refractivity contribution in [2.75, 3.05) is 12.4 Å². The molecule has 2 rings (SSSR count). The summed E-state index contributed by atoms with van der Waals surface area (Å²) in [5, 5.41) is 4.14. The first-order valence-electron chi connectivity index (χ1n) is 4.89. The minimum Gasteiger partial charge on any atom is -0.323 e. The van der Waals surface area contributed by atoms with Crippen LogP contribution in [0.2, 0.25) is 0 Å². The molecule has 0 radical (unpaired) electrons. The van der Waals surface area contributed by atoms with E-state index in [1.54, 1.807) is 13.2 Å². The van der Waals surface area contributed by atoms with E-state index in [2.05, 4.69) is 20.7 Å². The van der Waals surface area contributed by atoms with Crippen LogP contribution in [0.5, 0.6) is 0 Å². The van der Waals surface area contributed by atoms with Gasteiger partial charge in [0.05, 0.1) is 11.2 Å². The monoisotopic (exact) mass is 215 g/mol. The van der Waals surface area contributed by atoms with E-state index in [-0.39, 0.29) is 0 Å². The normalized spacial score (nSPS) is 11.5. The number of para-hydroxylation sites is 1. The maximum absolute atomic E-state index is 5.31. The summed E-state index contributed by atoms with van der Waals surface area (Å²) < 4.78 is 0. The molecule has 1 heterocycles. The Morgan fingerprint density at radius 1 is 1.31 bits per heavy atom. The molecular formula is C11H13N5. The van der Waals surface area contributed by atoms with Gasteiger partial charge in [0, 0.05) is 18.6 Å². The number of hydrogen-bond donors (Lipinski definition) is 3. The number of nitrogens with two attached hydrogens (primary N) is 1. The third-order valence-electron chi connectivity index (χ3n) is 2.25. The molecule has 0 aliphatic heterocycles. The second-order valence-electron chi connectivity index (χ2n) is 3.22. The summed E-state index contributed by atoms with van der Waals surface area (Å²) in [4.78, 5) is 8.27. The van der Waals surface area contributed by atoms with Crippen LogP contribution in [0, 0.1) is 0 Å². The maximum Gasteiger partial charge on any atom is 0.210 e. The van der Waals surface area contributed by atoms with Gasteiger partial charge in [0.2, 0.25) is 5.96 Å². The van der Waals surface area contributed by atoms with Crippen LogP contribution >= 0.6 is 0 Å². The SMILES string of the molecule is CN=C(NN)Nc1cccc2cccnc12. The van der Waals surface area contributed by atoms with E-state index < -0.39 is 0 Å². The Morgan fingerprint density at radius 3 is 2.88 bits per heavy atom. The number of nitrogens with one attached hydrogen (secondary N) is 2.